The van der Waals surface area contributed by atoms with E-state index in [2.05, 4.69) is 10.2 Å². The minimum absolute atomic E-state index is 0.959. The Morgan fingerprint density at radius 3 is 2.81 bits per heavy atom. The van der Waals surface area contributed by atoms with Gasteiger partial charge in [0.25, 0.3) is 0 Å². The molecule has 4 aromatic rings. The van der Waals surface area contributed by atoms with Crippen molar-refractivity contribution in [1.29, 1.82) is 0 Å². The van der Waals surface area contributed by atoms with Crippen molar-refractivity contribution in [3.05, 3.63) is 48.5 Å². The lowest BCUT2D eigenvalue weighted by molar-refractivity contribution is -0.654. The van der Waals surface area contributed by atoms with Crippen LogP contribution in [0.1, 0.15) is 0 Å². The van der Waals surface area contributed by atoms with E-state index in [1.807, 2.05) is 57.8 Å². The van der Waals surface area contributed by atoms with Crippen molar-refractivity contribution >= 4 is 22.1 Å². The Labute approximate surface area is 90.7 Å². The van der Waals surface area contributed by atoms with Gasteiger partial charge in [-0.25, -0.2) is 0 Å². The van der Waals surface area contributed by atoms with E-state index in [-0.39, 0.29) is 0 Å². The number of aromatic nitrogens is 4. The number of hydrogen-bond donors (Lipinski definition) is 0. The van der Waals surface area contributed by atoms with E-state index in [0.717, 1.165) is 22.1 Å². The molecule has 0 aliphatic rings. The Kier molecular flexibility index (Phi) is 1.28. The molecule has 4 heteroatoms. The highest BCUT2D eigenvalue weighted by Gasteiger charge is 2.09. The van der Waals surface area contributed by atoms with E-state index >= 15 is 0 Å². The number of para-hydroxylation sites is 2. The summed E-state index contributed by atoms with van der Waals surface area (Å²) in [6.07, 6.45) is 0. The summed E-state index contributed by atoms with van der Waals surface area (Å²) in [5.74, 6) is 0. The molecule has 0 bridgehead atoms. The Balaban J connectivity index is 2.35. The molecule has 0 N–H and O–H groups in total. The average molecular weight is 208 g/mol. The van der Waals surface area contributed by atoms with Gasteiger partial charge in [-0.15, -0.1) is 4.63 Å². The summed E-state index contributed by atoms with van der Waals surface area (Å²) >= 11 is 0. The molecule has 0 saturated heterocycles. The summed E-state index contributed by atoms with van der Waals surface area (Å²) in [7, 11) is 0. The van der Waals surface area contributed by atoms with E-state index < -0.39 is 0 Å². The van der Waals surface area contributed by atoms with E-state index in [0.29, 0.717) is 0 Å². The first-order valence-electron chi connectivity index (χ1n) is 5.15. The molecule has 2 aromatic heterocycles. The van der Waals surface area contributed by atoms with Crippen LogP contribution in [-0.2, 0) is 0 Å². The number of nitrogens with zero attached hydrogens (tertiary/aromatic N) is 4. The minimum atomic E-state index is 0.959. The topological polar surface area (TPSA) is 35.5 Å². The predicted octanol–water partition coefficient (Wildman–Crippen LogP) is 1.18. The van der Waals surface area contributed by atoms with Gasteiger partial charge in [-0.3, -0.25) is 5.10 Å². The summed E-state index contributed by atoms with van der Waals surface area (Å²) in [5, 5.41) is 9.04. The lowest BCUT2D eigenvalue weighted by atomic mass is 10.3. The third-order valence-corrected chi connectivity index (χ3v) is 2.78. The summed E-state index contributed by atoms with van der Waals surface area (Å²) in [4.78, 5) is 0. The van der Waals surface area contributed by atoms with Crippen LogP contribution in [0.2, 0.25) is 0 Å². The van der Waals surface area contributed by atoms with Gasteiger partial charge in [-0.05, 0) is 17.2 Å². The highest BCUT2D eigenvalue weighted by Crippen LogP contribution is 2.11. The molecule has 2 heterocycles. The van der Waals surface area contributed by atoms with Gasteiger partial charge in [0.05, 0.1) is 0 Å². The third-order valence-electron chi connectivity index (χ3n) is 2.78. The maximum absolute atomic E-state index is 4.52. The van der Waals surface area contributed by atoms with Gasteiger partial charge >= 0.3 is 0 Å². The Bertz CT molecular complexity index is 740. The molecule has 0 fully saturated rings. The van der Waals surface area contributed by atoms with Crippen LogP contribution in [0.15, 0.2) is 48.5 Å². The zero-order valence-electron chi connectivity index (χ0n) is 8.41. The maximum Gasteiger partial charge on any atom is 0.226 e. The second-order valence-corrected chi connectivity index (χ2v) is 3.76. The van der Waals surface area contributed by atoms with E-state index in [9.17, 15) is 0 Å². The van der Waals surface area contributed by atoms with Crippen molar-refractivity contribution in [2.24, 2.45) is 0 Å². The van der Waals surface area contributed by atoms with Crippen molar-refractivity contribution in [3.8, 4) is 0 Å². The van der Waals surface area contributed by atoms with E-state index in [1.165, 1.54) is 0 Å². The van der Waals surface area contributed by atoms with Crippen molar-refractivity contribution in [2.75, 3.05) is 0 Å². The molecule has 4 rings (SSSR count). The molecule has 16 heavy (non-hydrogen) atoms. The molecule has 0 saturated carbocycles. The van der Waals surface area contributed by atoms with Crippen molar-refractivity contribution in [1.82, 2.24) is 14.8 Å². The monoisotopic (exact) mass is 208 g/mol. The quantitative estimate of drug-likeness (QED) is 0.407. The molecule has 0 unspecified atom stereocenters. The fourth-order valence-corrected chi connectivity index (χ4v) is 2.04. The van der Waals surface area contributed by atoms with Gasteiger partial charge < -0.3 is 0 Å². The molecule has 0 atom stereocenters. The Morgan fingerprint density at radius 1 is 1.00 bits per heavy atom. The van der Waals surface area contributed by atoms with Gasteiger partial charge in [0, 0.05) is 11.0 Å². The summed E-state index contributed by atoms with van der Waals surface area (Å²) in [6.45, 7) is 0. The molecule has 76 valence electrons. The van der Waals surface area contributed by atoms with Crippen LogP contribution in [-0.4, -0.2) is 9.73 Å². The maximum atomic E-state index is 4.52. The molecule has 0 aliphatic heterocycles. The molecule has 0 radical (unpaired) electrons. The summed E-state index contributed by atoms with van der Waals surface area (Å²) in [6, 6.07) is 16.0. The smallest absolute Gasteiger partial charge is 0.226 e. The van der Waals surface area contributed by atoms with Gasteiger partial charge in [0.15, 0.2) is 5.52 Å². The minimum Gasteiger partial charge on any atom is -0.271 e. The van der Waals surface area contributed by atoms with Gasteiger partial charge in [0.1, 0.15) is 0 Å². The second-order valence-electron chi connectivity index (χ2n) is 3.76. The van der Waals surface area contributed by atoms with Gasteiger partial charge in [-0.1, -0.05) is 36.4 Å². The first-order chi connectivity index (χ1) is 7.93. The van der Waals surface area contributed by atoms with E-state index in [4.69, 9.17) is 0 Å². The molecule has 0 amide bonds. The molecule has 2 aromatic carbocycles. The molecular weight excluding hydrogens is 200 g/mol. The highest BCUT2D eigenvalue weighted by molar-refractivity contribution is 5.75. The van der Waals surface area contributed by atoms with Gasteiger partial charge in [-0.2, -0.15) is 4.63 Å². The van der Waals surface area contributed by atoms with Gasteiger partial charge in [0.2, 0.25) is 5.52 Å². The number of benzene rings is 2. The first-order valence-corrected chi connectivity index (χ1v) is 5.15. The Morgan fingerprint density at radius 2 is 1.81 bits per heavy atom. The van der Waals surface area contributed by atoms with Crippen molar-refractivity contribution < 1.29 is 4.63 Å². The second kappa shape index (κ2) is 2.61. The molecule has 0 aliphatic carbocycles. The average Bonchev–Trinajstić information content (AvgIpc) is 2.85. The largest absolute Gasteiger partial charge is 0.271 e. The van der Waals surface area contributed by atoms with Crippen LogP contribution in [0.5, 0.6) is 0 Å². The van der Waals surface area contributed by atoms with Crippen LogP contribution in [0.4, 0.5) is 0 Å². The van der Waals surface area contributed by atoms with Crippen LogP contribution >= 0.6 is 0 Å². The number of fused-ring (bicyclic) bond motifs is 5. The highest BCUT2D eigenvalue weighted by atomic mass is 15.6. The third kappa shape index (κ3) is 0.839. The van der Waals surface area contributed by atoms with E-state index in [1.54, 1.807) is 0 Å². The van der Waals surface area contributed by atoms with Crippen LogP contribution in [0.3, 0.4) is 0 Å². The zero-order chi connectivity index (χ0) is 10.5. The van der Waals surface area contributed by atoms with Crippen molar-refractivity contribution in [2.45, 2.75) is 0 Å². The molecular formula is C12H8N4. The lowest BCUT2D eigenvalue weighted by Gasteiger charge is -1.86. The van der Waals surface area contributed by atoms with Crippen LogP contribution in [0, 0.1) is 0 Å². The zero-order valence-corrected chi connectivity index (χ0v) is 8.41. The van der Waals surface area contributed by atoms with Crippen LogP contribution < -0.4 is 9.73 Å². The first kappa shape index (κ1) is 7.87. The molecule has 4 nitrogen and oxygen atoms in total. The van der Waals surface area contributed by atoms with Crippen molar-refractivity contribution in [3.63, 3.8) is 0 Å². The standard InChI is InChI=1S/C12H8N4/c1-3-7-11-9(5-1)13-16-12-8-4-2-6-10(12)14-15(11)16/h1-8H. The lowest BCUT2D eigenvalue weighted by Crippen LogP contribution is -2.30. The number of rotatable bonds is 0. The summed E-state index contributed by atoms with van der Waals surface area (Å²) < 4.78 is 3.67. The fourth-order valence-electron chi connectivity index (χ4n) is 2.04. The SMILES string of the molecule is c1ccc2c(c1)nn1c3ccccc3[n-][n+]21. The Hall–Kier alpha value is -2.36. The number of hydrogen-bond acceptors (Lipinski definition) is 1. The molecule has 0 spiro atoms. The normalized spacial score (nSPS) is 11.8. The predicted molar refractivity (Wildman–Crippen MR) is 59.2 cm³/mol. The fraction of sp³-hybridized carbons (Fsp3) is 0. The van der Waals surface area contributed by atoms with Crippen LogP contribution in [0.25, 0.3) is 22.1 Å². The summed E-state index contributed by atoms with van der Waals surface area (Å²) in [5.41, 5.74) is 3.97.